The molecular weight excluding hydrogens is 285 g/mol. The number of nitrogens with two attached hydrogens (primary N) is 1. The van der Waals surface area contributed by atoms with Gasteiger partial charge in [0.25, 0.3) is 0 Å². The molecule has 0 bridgehead atoms. The highest BCUT2D eigenvalue weighted by Gasteiger charge is 2.33. The van der Waals surface area contributed by atoms with Crippen LogP contribution >= 0.6 is 0 Å². The zero-order valence-electron chi connectivity index (χ0n) is 11.8. The van der Waals surface area contributed by atoms with Crippen molar-refractivity contribution < 1.29 is 23.0 Å². The summed E-state index contributed by atoms with van der Waals surface area (Å²) in [6.07, 6.45) is -3.42. The van der Waals surface area contributed by atoms with Crippen molar-refractivity contribution in [2.75, 3.05) is 37.4 Å². The number of nitrogen functional groups attached to an aromatic ring is 1. The second-order valence-corrected chi connectivity index (χ2v) is 5.46. The maximum absolute atomic E-state index is 12.6. The molecule has 1 aromatic carbocycles. The molecule has 0 aliphatic carbocycles. The molecule has 0 unspecified atom stereocenters. The molecule has 2 rings (SSSR count). The van der Waals surface area contributed by atoms with Gasteiger partial charge in [-0.3, -0.25) is 0 Å². The van der Waals surface area contributed by atoms with Crippen LogP contribution in [0.1, 0.15) is 18.4 Å². The van der Waals surface area contributed by atoms with E-state index in [0.29, 0.717) is 38.3 Å². The largest absolute Gasteiger partial charge is 0.416 e. The molecule has 3 N–H and O–H groups in total. The minimum Gasteiger partial charge on any atom is -0.397 e. The predicted molar refractivity (Wildman–Crippen MR) is 74.1 cm³/mol. The molecule has 1 aliphatic rings. The van der Waals surface area contributed by atoms with Crippen molar-refractivity contribution in [2.45, 2.75) is 24.6 Å². The molecule has 0 radical (unpaired) electrons. The topological polar surface area (TPSA) is 58.7 Å². The Hall–Kier alpha value is -1.47. The van der Waals surface area contributed by atoms with Crippen LogP contribution in [-0.4, -0.2) is 37.5 Å². The first-order valence-electron chi connectivity index (χ1n) is 6.69. The number of aliphatic hydroxyl groups is 1. The lowest BCUT2D eigenvalue weighted by atomic mass is 9.93. The van der Waals surface area contributed by atoms with Crippen molar-refractivity contribution in [3.05, 3.63) is 23.8 Å². The van der Waals surface area contributed by atoms with Gasteiger partial charge in [-0.25, -0.2) is 0 Å². The molecule has 0 atom stereocenters. The van der Waals surface area contributed by atoms with Gasteiger partial charge in [0.1, 0.15) is 0 Å². The van der Waals surface area contributed by atoms with Gasteiger partial charge in [-0.05, 0) is 18.2 Å². The van der Waals surface area contributed by atoms with E-state index in [4.69, 9.17) is 10.5 Å². The number of ether oxygens (including phenoxy) is 1. The van der Waals surface area contributed by atoms with Crippen LogP contribution in [0.5, 0.6) is 0 Å². The summed E-state index contributed by atoms with van der Waals surface area (Å²) in [5, 5.41) is 10.4. The molecule has 0 amide bonds. The van der Waals surface area contributed by atoms with E-state index in [1.807, 2.05) is 0 Å². The Kier molecular flexibility index (Phi) is 4.34. The van der Waals surface area contributed by atoms with E-state index in [-0.39, 0.29) is 5.69 Å². The third kappa shape index (κ3) is 3.79. The highest BCUT2D eigenvalue weighted by atomic mass is 19.4. The maximum Gasteiger partial charge on any atom is 0.416 e. The van der Waals surface area contributed by atoms with Gasteiger partial charge < -0.3 is 20.5 Å². The summed E-state index contributed by atoms with van der Waals surface area (Å²) in [6, 6.07) is 3.25. The van der Waals surface area contributed by atoms with E-state index in [2.05, 4.69) is 0 Å². The molecule has 1 aliphatic heterocycles. The molecule has 118 valence electrons. The standard InChI is InChI=1S/C14H19F3N2O2/c1-19(9-13(20)4-6-21-7-5-13)12-3-2-10(8-11(12)18)14(15,16)17/h2-3,8,20H,4-7,9,18H2,1H3. The summed E-state index contributed by atoms with van der Waals surface area (Å²) in [5.41, 5.74) is 4.56. The molecule has 4 nitrogen and oxygen atoms in total. The third-order valence-electron chi connectivity index (χ3n) is 3.72. The molecule has 1 fully saturated rings. The molecule has 7 heteroatoms. The van der Waals surface area contributed by atoms with E-state index in [9.17, 15) is 18.3 Å². The zero-order chi connectivity index (χ0) is 15.7. The van der Waals surface area contributed by atoms with Gasteiger partial charge in [-0.2, -0.15) is 13.2 Å². The monoisotopic (exact) mass is 304 g/mol. The fraction of sp³-hybridized carbons (Fsp3) is 0.571. The van der Waals surface area contributed by atoms with Crippen molar-refractivity contribution in [3.63, 3.8) is 0 Å². The smallest absolute Gasteiger partial charge is 0.397 e. The molecule has 1 aromatic rings. The van der Waals surface area contributed by atoms with Crippen LogP contribution in [0.25, 0.3) is 0 Å². The minimum atomic E-state index is -4.41. The fourth-order valence-corrected chi connectivity index (χ4v) is 2.51. The Morgan fingerprint density at radius 3 is 2.48 bits per heavy atom. The second kappa shape index (κ2) is 5.73. The Labute approximate surface area is 121 Å². The van der Waals surface area contributed by atoms with Gasteiger partial charge in [0.15, 0.2) is 0 Å². The normalized spacial score (nSPS) is 18.5. The quantitative estimate of drug-likeness (QED) is 0.841. The van der Waals surface area contributed by atoms with Gasteiger partial charge in [-0.15, -0.1) is 0 Å². The number of benzene rings is 1. The van der Waals surface area contributed by atoms with Crippen molar-refractivity contribution in [1.29, 1.82) is 0 Å². The molecule has 21 heavy (non-hydrogen) atoms. The van der Waals surface area contributed by atoms with Crippen LogP contribution < -0.4 is 10.6 Å². The van der Waals surface area contributed by atoms with E-state index >= 15 is 0 Å². The molecular formula is C14H19F3N2O2. The van der Waals surface area contributed by atoms with E-state index < -0.39 is 17.3 Å². The Morgan fingerprint density at radius 2 is 1.95 bits per heavy atom. The lowest BCUT2D eigenvalue weighted by Gasteiger charge is -2.36. The van der Waals surface area contributed by atoms with Gasteiger partial charge in [-0.1, -0.05) is 0 Å². The first-order chi connectivity index (χ1) is 9.71. The first-order valence-corrected chi connectivity index (χ1v) is 6.69. The SMILES string of the molecule is CN(CC1(O)CCOCC1)c1ccc(C(F)(F)F)cc1N. The third-order valence-corrected chi connectivity index (χ3v) is 3.72. The van der Waals surface area contributed by atoms with Crippen molar-refractivity contribution in [1.82, 2.24) is 0 Å². The van der Waals surface area contributed by atoms with E-state index in [0.717, 1.165) is 12.1 Å². The number of anilines is 2. The maximum atomic E-state index is 12.6. The van der Waals surface area contributed by atoms with Crippen molar-refractivity contribution >= 4 is 11.4 Å². The molecule has 1 heterocycles. The Bertz CT molecular complexity index is 499. The predicted octanol–water partition coefficient (Wildman–Crippen LogP) is 2.27. The minimum absolute atomic E-state index is 0.0444. The van der Waals surface area contributed by atoms with Gasteiger partial charge in [0, 0.05) is 39.6 Å². The summed E-state index contributed by atoms with van der Waals surface area (Å²) < 4.78 is 43.0. The summed E-state index contributed by atoms with van der Waals surface area (Å²) >= 11 is 0. The number of halogens is 3. The zero-order valence-corrected chi connectivity index (χ0v) is 11.8. The number of hydrogen-bond acceptors (Lipinski definition) is 4. The van der Waals surface area contributed by atoms with Gasteiger partial charge in [0.2, 0.25) is 0 Å². The van der Waals surface area contributed by atoms with Crippen LogP contribution in [0.2, 0.25) is 0 Å². The number of rotatable bonds is 3. The summed E-state index contributed by atoms with van der Waals surface area (Å²) in [7, 11) is 1.70. The average Bonchev–Trinajstić information content (AvgIpc) is 2.37. The number of hydrogen-bond donors (Lipinski definition) is 2. The number of likely N-dealkylation sites (N-methyl/N-ethyl adjacent to an activating group) is 1. The average molecular weight is 304 g/mol. The fourth-order valence-electron chi connectivity index (χ4n) is 2.51. The van der Waals surface area contributed by atoms with Crippen molar-refractivity contribution in [3.8, 4) is 0 Å². The van der Waals surface area contributed by atoms with Crippen LogP contribution in [0.3, 0.4) is 0 Å². The highest BCUT2D eigenvalue weighted by Crippen LogP contribution is 2.34. The van der Waals surface area contributed by atoms with E-state index in [1.54, 1.807) is 11.9 Å². The van der Waals surface area contributed by atoms with Crippen LogP contribution in [0.4, 0.5) is 24.5 Å². The van der Waals surface area contributed by atoms with Crippen molar-refractivity contribution in [2.24, 2.45) is 0 Å². The summed E-state index contributed by atoms with van der Waals surface area (Å²) in [4.78, 5) is 1.68. The first kappa shape index (κ1) is 15.9. The molecule has 0 spiro atoms. The lowest BCUT2D eigenvalue weighted by molar-refractivity contribution is -0.137. The molecule has 1 saturated heterocycles. The lowest BCUT2D eigenvalue weighted by Crippen LogP contribution is -2.45. The second-order valence-electron chi connectivity index (χ2n) is 5.46. The molecule has 0 aromatic heterocycles. The van der Waals surface area contributed by atoms with Crippen LogP contribution in [0.15, 0.2) is 18.2 Å². The van der Waals surface area contributed by atoms with Crippen LogP contribution in [-0.2, 0) is 10.9 Å². The van der Waals surface area contributed by atoms with Gasteiger partial charge in [0.05, 0.1) is 22.5 Å². The Balaban J connectivity index is 2.14. The number of nitrogens with zero attached hydrogens (tertiary/aromatic N) is 1. The number of alkyl halides is 3. The van der Waals surface area contributed by atoms with E-state index in [1.165, 1.54) is 6.07 Å². The Morgan fingerprint density at radius 1 is 1.33 bits per heavy atom. The summed E-state index contributed by atoms with van der Waals surface area (Å²) in [5.74, 6) is 0. The van der Waals surface area contributed by atoms with Gasteiger partial charge >= 0.3 is 6.18 Å². The molecule has 0 saturated carbocycles. The highest BCUT2D eigenvalue weighted by molar-refractivity contribution is 5.68. The summed E-state index contributed by atoms with van der Waals surface area (Å²) in [6.45, 7) is 1.26. The van der Waals surface area contributed by atoms with Crippen LogP contribution in [0, 0.1) is 0 Å².